The summed E-state index contributed by atoms with van der Waals surface area (Å²) in [5, 5.41) is 0. The van der Waals surface area contributed by atoms with Crippen molar-refractivity contribution in [3.63, 3.8) is 0 Å². The lowest BCUT2D eigenvalue weighted by Crippen LogP contribution is -2.37. The van der Waals surface area contributed by atoms with Gasteiger partial charge in [-0.05, 0) is 25.5 Å². The third-order valence-corrected chi connectivity index (χ3v) is 4.05. The fraction of sp³-hybridized carbons (Fsp3) is 0.500. The maximum Gasteiger partial charge on any atom is 0.336 e. The maximum absolute atomic E-state index is 12.1. The van der Waals surface area contributed by atoms with Crippen LogP contribution in [0.25, 0.3) is 0 Å². The number of esters is 1. The summed E-state index contributed by atoms with van der Waals surface area (Å²) in [6.07, 6.45) is 1.66. The monoisotopic (exact) mass is 318 g/mol. The molecule has 5 heteroatoms. The van der Waals surface area contributed by atoms with Gasteiger partial charge < -0.3 is 18.9 Å². The quantitative estimate of drug-likeness (QED) is 0.799. The SMILES string of the molecule is COC(=O)C1=C[C@H](OCc2ccccc2)C[C@@H]2OC(C)(C)O[C@H]12. The molecular formula is C18H22O5. The van der Waals surface area contributed by atoms with E-state index in [0.717, 1.165) is 5.56 Å². The number of ether oxygens (including phenoxy) is 4. The van der Waals surface area contributed by atoms with E-state index in [4.69, 9.17) is 18.9 Å². The molecule has 1 aromatic rings. The number of carbonyl (C=O) groups is 1. The molecule has 1 heterocycles. The Morgan fingerprint density at radius 3 is 2.70 bits per heavy atom. The number of methoxy groups -OCH3 is 1. The van der Waals surface area contributed by atoms with Gasteiger partial charge in [-0.2, -0.15) is 0 Å². The highest BCUT2D eigenvalue weighted by Crippen LogP contribution is 2.38. The first-order valence-electron chi connectivity index (χ1n) is 7.80. The number of rotatable bonds is 4. The smallest absolute Gasteiger partial charge is 0.336 e. The molecule has 1 fully saturated rings. The van der Waals surface area contributed by atoms with Gasteiger partial charge in [-0.1, -0.05) is 30.3 Å². The van der Waals surface area contributed by atoms with Crippen LogP contribution in [0.1, 0.15) is 25.8 Å². The van der Waals surface area contributed by atoms with E-state index in [1.165, 1.54) is 7.11 Å². The molecular weight excluding hydrogens is 296 g/mol. The largest absolute Gasteiger partial charge is 0.466 e. The molecule has 1 aliphatic carbocycles. The van der Waals surface area contributed by atoms with Gasteiger partial charge in [0.2, 0.25) is 0 Å². The molecule has 1 saturated heterocycles. The van der Waals surface area contributed by atoms with E-state index in [9.17, 15) is 4.79 Å². The van der Waals surface area contributed by atoms with Crippen molar-refractivity contribution >= 4 is 5.97 Å². The molecule has 1 aliphatic heterocycles. The van der Waals surface area contributed by atoms with Gasteiger partial charge >= 0.3 is 5.97 Å². The van der Waals surface area contributed by atoms with E-state index >= 15 is 0 Å². The minimum Gasteiger partial charge on any atom is -0.466 e. The van der Waals surface area contributed by atoms with Crippen LogP contribution < -0.4 is 0 Å². The van der Waals surface area contributed by atoms with E-state index in [0.29, 0.717) is 18.6 Å². The van der Waals surface area contributed by atoms with Crippen LogP contribution in [0.3, 0.4) is 0 Å². The number of fused-ring (bicyclic) bond motifs is 1. The minimum atomic E-state index is -0.712. The Morgan fingerprint density at radius 1 is 1.26 bits per heavy atom. The first-order valence-corrected chi connectivity index (χ1v) is 7.80. The summed E-state index contributed by atoms with van der Waals surface area (Å²) in [5.74, 6) is -1.11. The molecule has 0 aromatic heterocycles. The first kappa shape index (κ1) is 16.2. The zero-order valence-electron chi connectivity index (χ0n) is 13.7. The van der Waals surface area contributed by atoms with Crippen molar-refractivity contribution in [2.45, 2.75) is 51.0 Å². The summed E-state index contributed by atoms with van der Waals surface area (Å²) in [6.45, 7) is 4.18. The number of hydrogen-bond acceptors (Lipinski definition) is 5. The molecule has 0 spiro atoms. The minimum absolute atomic E-state index is 0.204. The molecule has 0 N–H and O–H groups in total. The topological polar surface area (TPSA) is 54.0 Å². The Morgan fingerprint density at radius 2 is 2.00 bits per heavy atom. The second kappa shape index (κ2) is 6.43. The lowest BCUT2D eigenvalue weighted by molar-refractivity contribution is -0.147. The lowest BCUT2D eigenvalue weighted by Gasteiger charge is -2.28. The Hall–Kier alpha value is -1.69. The van der Waals surface area contributed by atoms with Gasteiger partial charge in [0.25, 0.3) is 0 Å². The Balaban J connectivity index is 1.74. The molecule has 3 rings (SSSR count). The normalized spacial score (nSPS) is 28.8. The Labute approximate surface area is 136 Å². The second-order valence-corrected chi connectivity index (χ2v) is 6.28. The average molecular weight is 318 g/mol. The van der Waals surface area contributed by atoms with E-state index < -0.39 is 17.9 Å². The summed E-state index contributed by atoms with van der Waals surface area (Å²) in [7, 11) is 1.37. The summed E-state index contributed by atoms with van der Waals surface area (Å²) < 4.78 is 22.6. The summed E-state index contributed by atoms with van der Waals surface area (Å²) >= 11 is 0. The van der Waals surface area contributed by atoms with E-state index in [-0.39, 0.29) is 12.2 Å². The molecule has 0 unspecified atom stereocenters. The first-order chi connectivity index (χ1) is 11.0. The van der Waals surface area contributed by atoms with Crippen LogP contribution in [0.15, 0.2) is 42.0 Å². The standard InChI is InChI=1S/C18H22O5/c1-18(2)22-15-10-13(21-11-12-7-5-4-6-8-12)9-14(16(15)23-18)17(19)20-3/h4-9,13,15-16H,10-11H2,1-3H3/t13-,15-,16+/m0/s1. The molecule has 3 atom stereocenters. The molecule has 124 valence electrons. The van der Waals surface area contributed by atoms with Gasteiger partial charge in [0.1, 0.15) is 6.10 Å². The molecule has 1 aromatic carbocycles. The zero-order valence-corrected chi connectivity index (χ0v) is 13.7. The van der Waals surface area contributed by atoms with Crippen molar-refractivity contribution in [1.82, 2.24) is 0 Å². The summed E-state index contributed by atoms with van der Waals surface area (Å²) in [6, 6.07) is 9.93. The molecule has 0 saturated carbocycles. The van der Waals surface area contributed by atoms with Crippen molar-refractivity contribution in [3.05, 3.63) is 47.5 Å². The van der Waals surface area contributed by atoms with Crippen LogP contribution >= 0.6 is 0 Å². The number of carbonyl (C=O) groups excluding carboxylic acids is 1. The van der Waals surface area contributed by atoms with Crippen LogP contribution in [0, 0.1) is 0 Å². The third kappa shape index (κ3) is 3.63. The van der Waals surface area contributed by atoms with Crippen LogP contribution in [0.5, 0.6) is 0 Å². The zero-order chi connectivity index (χ0) is 16.4. The fourth-order valence-corrected chi connectivity index (χ4v) is 3.06. The summed E-state index contributed by atoms with van der Waals surface area (Å²) in [4.78, 5) is 12.1. The van der Waals surface area contributed by atoms with Crippen molar-refractivity contribution in [1.29, 1.82) is 0 Å². The predicted octanol–water partition coefficient (Wildman–Crippen LogP) is 2.60. The molecule has 5 nitrogen and oxygen atoms in total. The summed E-state index contributed by atoms with van der Waals surface area (Å²) in [5.41, 5.74) is 1.57. The van der Waals surface area contributed by atoms with Crippen LogP contribution in [0.2, 0.25) is 0 Å². The highest BCUT2D eigenvalue weighted by Gasteiger charge is 2.48. The van der Waals surface area contributed by atoms with Gasteiger partial charge in [0, 0.05) is 6.42 Å². The molecule has 0 amide bonds. The van der Waals surface area contributed by atoms with Crippen LogP contribution in [0.4, 0.5) is 0 Å². The van der Waals surface area contributed by atoms with Gasteiger partial charge in [-0.15, -0.1) is 0 Å². The predicted molar refractivity (Wildman–Crippen MR) is 83.6 cm³/mol. The highest BCUT2D eigenvalue weighted by atomic mass is 16.8. The van der Waals surface area contributed by atoms with E-state index in [1.807, 2.05) is 44.2 Å². The number of hydrogen-bond donors (Lipinski definition) is 0. The van der Waals surface area contributed by atoms with Gasteiger partial charge in [0.05, 0.1) is 31.5 Å². The second-order valence-electron chi connectivity index (χ2n) is 6.28. The van der Waals surface area contributed by atoms with Crippen molar-refractivity contribution in [2.24, 2.45) is 0 Å². The third-order valence-electron chi connectivity index (χ3n) is 4.05. The molecule has 0 radical (unpaired) electrons. The van der Waals surface area contributed by atoms with E-state index in [2.05, 4.69) is 0 Å². The van der Waals surface area contributed by atoms with Crippen molar-refractivity contribution in [2.75, 3.05) is 7.11 Å². The molecule has 0 bridgehead atoms. The fourth-order valence-electron chi connectivity index (χ4n) is 3.06. The van der Waals surface area contributed by atoms with Gasteiger partial charge in [0.15, 0.2) is 5.79 Å². The number of benzene rings is 1. The van der Waals surface area contributed by atoms with E-state index in [1.54, 1.807) is 6.08 Å². The average Bonchev–Trinajstić information content (AvgIpc) is 2.86. The van der Waals surface area contributed by atoms with Crippen LogP contribution in [-0.2, 0) is 30.3 Å². The van der Waals surface area contributed by atoms with Crippen molar-refractivity contribution in [3.8, 4) is 0 Å². The highest BCUT2D eigenvalue weighted by molar-refractivity contribution is 5.90. The molecule has 23 heavy (non-hydrogen) atoms. The Bertz CT molecular complexity index is 593. The van der Waals surface area contributed by atoms with Crippen molar-refractivity contribution < 1.29 is 23.7 Å². The Kier molecular flexibility index (Phi) is 4.53. The lowest BCUT2D eigenvalue weighted by atomic mass is 9.92. The molecule has 2 aliphatic rings. The van der Waals surface area contributed by atoms with Gasteiger partial charge in [-0.3, -0.25) is 0 Å². The van der Waals surface area contributed by atoms with Gasteiger partial charge in [-0.25, -0.2) is 4.79 Å². The maximum atomic E-state index is 12.1. The van der Waals surface area contributed by atoms with Crippen LogP contribution in [-0.4, -0.2) is 37.2 Å².